The van der Waals surface area contributed by atoms with Crippen LogP contribution in [0.5, 0.6) is 0 Å². The highest BCUT2D eigenvalue weighted by molar-refractivity contribution is 6.33. The Morgan fingerprint density at radius 3 is 2.32 bits per heavy atom. The van der Waals surface area contributed by atoms with Crippen LogP contribution in [0.25, 0.3) is 22.5 Å². The van der Waals surface area contributed by atoms with Crippen LogP contribution in [0.2, 0.25) is 10.0 Å². The highest BCUT2D eigenvalue weighted by Gasteiger charge is 2.22. The van der Waals surface area contributed by atoms with Crippen molar-refractivity contribution in [1.29, 1.82) is 0 Å². The lowest BCUT2D eigenvalue weighted by Gasteiger charge is -2.15. The van der Waals surface area contributed by atoms with Gasteiger partial charge in [0.05, 0.1) is 25.1 Å². The lowest BCUT2D eigenvalue weighted by molar-refractivity contribution is -0.147. The first kappa shape index (κ1) is 27.4. The van der Waals surface area contributed by atoms with Crippen LogP contribution in [0, 0.1) is 6.92 Å². The molecule has 1 aromatic heterocycles. The second kappa shape index (κ2) is 12.3. The van der Waals surface area contributed by atoms with Crippen LogP contribution in [0.1, 0.15) is 42.3 Å². The zero-order valence-electron chi connectivity index (χ0n) is 21.3. The van der Waals surface area contributed by atoms with E-state index in [0.717, 1.165) is 22.3 Å². The predicted octanol–water partition coefficient (Wildman–Crippen LogP) is 7.58. The van der Waals surface area contributed by atoms with Crippen LogP contribution < -0.4 is 0 Å². The van der Waals surface area contributed by atoms with Gasteiger partial charge >= 0.3 is 11.9 Å². The lowest BCUT2D eigenvalue weighted by atomic mass is 9.99. The Morgan fingerprint density at radius 1 is 0.921 bits per heavy atom. The van der Waals surface area contributed by atoms with Crippen LogP contribution in [0.3, 0.4) is 0 Å². The molecule has 0 unspecified atom stereocenters. The average Bonchev–Trinajstić information content (AvgIpc) is 3.24. The maximum absolute atomic E-state index is 12.8. The van der Waals surface area contributed by atoms with E-state index in [1.165, 1.54) is 0 Å². The van der Waals surface area contributed by atoms with Crippen LogP contribution in [0.15, 0.2) is 71.3 Å². The number of halogens is 2. The summed E-state index contributed by atoms with van der Waals surface area (Å²) in [4.78, 5) is 24.5. The second-order valence-corrected chi connectivity index (χ2v) is 9.59. The molecule has 0 N–H and O–H groups in total. The van der Waals surface area contributed by atoms with Crippen molar-refractivity contribution in [3.05, 3.63) is 99.2 Å². The summed E-state index contributed by atoms with van der Waals surface area (Å²) in [6, 6.07) is 20.4. The monoisotopic (exact) mass is 551 g/mol. The molecule has 196 valence electrons. The fraction of sp³-hybridized carbons (Fsp3) is 0.233. The summed E-state index contributed by atoms with van der Waals surface area (Å²) >= 11 is 12.9. The molecule has 6 nitrogen and oxygen atoms in total. The first-order chi connectivity index (χ1) is 18.3. The third-order valence-corrected chi connectivity index (χ3v) is 6.76. The van der Waals surface area contributed by atoms with Gasteiger partial charge in [0, 0.05) is 32.3 Å². The van der Waals surface area contributed by atoms with Gasteiger partial charge in [-0.05, 0) is 44.0 Å². The maximum Gasteiger partial charge on any atom is 0.311 e. The summed E-state index contributed by atoms with van der Waals surface area (Å²) < 4.78 is 16.2. The molecule has 3 aromatic carbocycles. The molecule has 0 radical (unpaired) electrons. The van der Waals surface area contributed by atoms with E-state index in [1.807, 2.05) is 54.6 Å². The Hall–Kier alpha value is -3.61. The molecule has 0 spiro atoms. The van der Waals surface area contributed by atoms with E-state index in [0.29, 0.717) is 39.2 Å². The maximum atomic E-state index is 12.8. The number of aryl methyl sites for hydroxylation is 1. The van der Waals surface area contributed by atoms with Gasteiger partial charge in [-0.1, -0.05) is 83.0 Å². The minimum atomic E-state index is -0.503. The van der Waals surface area contributed by atoms with Crippen molar-refractivity contribution in [2.45, 2.75) is 39.7 Å². The van der Waals surface area contributed by atoms with Gasteiger partial charge in [0.1, 0.15) is 6.10 Å². The molecule has 1 atom stereocenters. The van der Waals surface area contributed by atoms with Gasteiger partial charge < -0.3 is 14.0 Å². The van der Waals surface area contributed by atoms with Crippen molar-refractivity contribution in [3.63, 3.8) is 0 Å². The Kier molecular flexibility index (Phi) is 8.87. The zero-order chi connectivity index (χ0) is 27.2. The summed E-state index contributed by atoms with van der Waals surface area (Å²) in [7, 11) is 0. The Morgan fingerprint density at radius 2 is 1.63 bits per heavy atom. The van der Waals surface area contributed by atoms with Crippen LogP contribution in [0.4, 0.5) is 0 Å². The smallest absolute Gasteiger partial charge is 0.311 e. The van der Waals surface area contributed by atoms with Crippen molar-refractivity contribution in [2.24, 2.45) is 0 Å². The number of carbonyl (C=O) groups is 2. The second-order valence-electron chi connectivity index (χ2n) is 8.78. The number of nitrogens with zero attached hydrogens (tertiary/aromatic N) is 1. The molecule has 0 aliphatic rings. The molecule has 4 rings (SSSR count). The van der Waals surface area contributed by atoms with E-state index in [-0.39, 0.29) is 18.8 Å². The summed E-state index contributed by atoms with van der Waals surface area (Å²) in [6.07, 6.45) is -0.299. The van der Waals surface area contributed by atoms with E-state index in [1.54, 1.807) is 32.9 Å². The molecule has 0 fully saturated rings. The number of aromatic nitrogens is 1. The minimum absolute atomic E-state index is 0.0131. The van der Waals surface area contributed by atoms with E-state index < -0.39 is 12.1 Å². The van der Waals surface area contributed by atoms with E-state index >= 15 is 0 Å². The van der Waals surface area contributed by atoms with Crippen molar-refractivity contribution < 1.29 is 23.6 Å². The van der Waals surface area contributed by atoms with Crippen molar-refractivity contribution in [1.82, 2.24) is 5.16 Å². The molecule has 0 saturated carbocycles. The SMILES string of the molecule is CCOC(=O)Cc1ccc(-c2ccc(-c3onc(C)c3CC(=O)O[C@H](C)c3ccccc3Cl)cc2Cl)cc1. The first-order valence-electron chi connectivity index (χ1n) is 12.2. The molecule has 8 heteroatoms. The lowest BCUT2D eigenvalue weighted by Crippen LogP contribution is -2.12. The van der Waals surface area contributed by atoms with E-state index in [9.17, 15) is 9.59 Å². The summed E-state index contributed by atoms with van der Waals surface area (Å²) in [5.41, 5.74) is 5.25. The molecule has 4 aromatic rings. The van der Waals surface area contributed by atoms with Gasteiger partial charge in [0.25, 0.3) is 0 Å². The molecular weight excluding hydrogens is 525 g/mol. The Balaban J connectivity index is 1.50. The Bertz CT molecular complexity index is 1450. The Labute approximate surface area is 231 Å². The molecule has 0 bridgehead atoms. The molecule has 0 aliphatic carbocycles. The molecule has 0 aliphatic heterocycles. The van der Waals surface area contributed by atoms with Crippen LogP contribution in [-0.2, 0) is 31.9 Å². The van der Waals surface area contributed by atoms with E-state index in [4.69, 9.17) is 37.2 Å². The number of rotatable bonds is 9. The molecule has 38 heavy (non-hydrogen) atoms. The highest BCUT2D eigenvalue weighted by atomic mass is 35.5. The first-order valence-corrected chi connectivity index (χ1v) is 13.0. The van der Waals surface area contributed by atoms with Gasteiger partial charge in [-0.2, -0.15) is 0 Å². The molecule has 0 amide bonds. The van der Waals surface area contributed by atoms with Gasteiger partial charge in [-0.3, -0.25) is 9.59 Å². The highest BCUT2D eigenvalue weighted by Crippen LogP contribution is 2.35. The molecule has 0 saturated heterocycles. The van der Waals surface area contributed by atoms with E-state index in [2.05, 4.69) is 5.16 Å². The fourth-order valence-corrected chi connectivity index (χ4v) is 4.73. The normalized spacial score (nSPS) is 11.7. The third-order valence-electron chi connectivity index (χ3n) is 6.11. The number of esters is 2. The summed E-state index contributed by atoms with van der Waals surface area (Å²) in [5.74, 6) is -0.221. The predicted molar refractivity (Wildman–Crippen MR) is 147 cm³/mol. The van der Waals surface area contributed by atoms with Crippen LogP contribution in [-0.4, -0.2) is 23.7 Å². The van der Waals surface area contributed by atoms with Gasteiger partial charge in [0.2, 0.25) is 0 Å². The number of hydrogen-bond acceptors (Lipinski definition) is 6. The molecular formula is C30H27Cl2NO5. The van der Waals surface area contributed by atoms with Crippen molar-refractivity contribution >= 4 is 35.1 Å². The molecule has 1 heterocycles. The third kappa shape index (κ3) is 6.44. The van der Waals surface area contributed by atoms with Gasteiger partial charge in [0.15, 0.2) is 5.76 Å². The van der Waals surface area contributed by atoms with Crippen LogP contribution >= 0.6 is 23.2 Å². The largest absolute Gasteiger partial charge is 0.466 e. The van der Waals surface area contributed by atoms with Gasteiger partial charge in [-0.25, -0.2) is 0 Å². The topological polar surface area (TPSA) is 78.6 Å². The van der Waals surface area contributed by atoms with Crippen molar-refractivity contribution in [2.75, 3.05) is 6.61 Å². The van der Waals surface area contributed by atoms with Gasteiger partial charge in [-0.15, -0.1) is 0 Å². The zero-order valence-corrected chi connectivity index (χ0v) is 22.8. The summed E-state index contributed by atoms with van der Waals surface area (Å²) in [6.45, 7) is 5.70. The fourth-order valence-electron chi connectivity index (χ4n) is 4.15. The number of benzene rings is 3. The summed E-state index contributed by atoms with van der Waals surface area (Å²) in [5, 5.41) is 5.12. The quantitative estimate of drug-likeness (QED) is 0.199. The average molecular weight is 552 g/mol. The minimum Gasteiger partial charge on any atom is -0.466 e. The standard InChI is InChI=1S/C30H27Cl2NO5/c1-4-36-28(34)15-20-9-11-21(12-10-20)24-14-13-22(16-27(24)32)30-25(18(2)33-38-30)17-29(35)37-19(3)23-7-5-6-8-26(23)31/h5-14,16,19H,4,15,17H2,1-3H3/t19-/m1/s1. The van der Waals surface area contributed by atoms with Crippen molar-refractivity contribution in [3.8, 4) is 22.5 Å². The number of hydrogen-bond donors (Lipinski definition) is 0. The number of carbonyl (C=O) groups excluding carboxylic acids is 2. The number of ether oxygens (including phenoxy) is 2.